The zero-order chi connectivity index (χ0) is 30.2. The molecule has 2 N–H and O–H groups in total. The summed E-state index contributed by atoms with van der Waals surface area (Å²) < 4.78 is 39.8. The van der Waals surface area contributed by atoms with E-state index in [0.717, 1.165) is 16.6 Å². The lowest BCUT2D eigenvalue weighted by molar-refractivity contribution is -0.255. The third kappa shape index (κ3) is 5.67. The highest BCUT2D eigenvalue weighted by Gasteiger charge is 2.52. The lowest BCUT2D eigenvalue weighted by Crippen LogP contribution is -2.55. The van der Waals surface area contributed by atoms with Gasteiger partial charge in [-0.2, -0.15) is 4.39 Å². The number of alkyl halides is 2. The molecule has 42 heavy (non-hydrogen) atoms. The van der Waals surface area contributed by atoms with Crippen LogP contribution in [0.25, 0.3) is 10.9 Å². The van der Waals surface area contributed by atoms with Gasteiger partial charge in [-0.3, -0.25) is 14.4 Å². The molecule has 3 aromatic rings. The van der Waals surface area contributed by atoms with Crippen LogP contribution >= 0.6 is 11.6 Å². The second-order valence-corrected chi connectivity index (χ2v) is 11.5. The van der Waals surface area contributed by atoms with Crippen molar-refractivity contribution in [1.29, 1.82) is 0 Å². The molecule has 11 heteroatoms. The molecule has 1 amide bonds. The molecule has 0 spiro atoms. The molecule has 1 saturated carbocycles. The third-order valence-corrected chi connectivity index (χ3v) is 8.87. The van der Waals surface area contributed by atoms with Crippen molar-refractivity contribution >= 4 is 45.9 Å². The molecule has 1 aliphatic carbocycles. The van der Waals surface area contributed by atoms with Gasteiger partial charge in [0.15, 0.2) is 6.17 Å². The first kappa shape index (κ1) is 30.1. The van der Waals surface area contributed by atoms with Crippen LogP contribution in [-0.4, -0.2) is 57.4 Å². The molecule has 5 rings (SSSR count). The van der Waals surface area contributed by atoms with Crippen LogP contribution in [0.5, 0.6) is 0 Å². The summed E-state index contributed by atoms with van der Waals surface area (Å²) in [5.41, 5.74) is 2.19. The summed E-state index contributed by atoms with van der Waals surface area (Å²) in [4.78, 5) is 39.2. The highest BCUT2D eigenvalue weighted by molar-refractivity contribution is 6.34. The number of hydrogen-bond acceptors (Lipinski definition) is 5. The zero-order valence-electron chi connectivity index (χ0n) is 23.5. The van der Waals surface area contributed by atoms with Gasteiger partial charge in [-0.15, -0.1) is 0 Å². The number of amides is 1. The number of aryl methyl sites for hydroxylation is 1. The van der Waals surface area contributed by atoms with Gasteiger partial charge in [-0.1, -0.05) is 35.9 Å². The van der Waals surface area contributed by atoms with Crippen LogP contribution in [0.2, 0.25) is 5.02 Å². The Morgan fingerprint density at radius 1 is 1.10 bits per heavy atom. The van der Waals surface area contributed by atoms with Gasteiger partial charge in [0.2, 0.25) is 0 Å². The van der Waals surface area contributed by atoms with Crippen molar-refractivity contribution in [2.45, 2.75) is 63.7 Å². The number of para-hydroxylation sites is 1. The Bertz CT molecular complexity index is 1510. The average Bonchev–Trinajstić information content (AvgIpc) is 3.61. The van der Waals surface area contributed by atoms with E-state index in [1.54, 1.807) is 0 Å². The molecule has 2 fully saturated rings. The first-order valence-electron chi connectivity index (χ1n) is 14.2. The van der Waals surface area contributed by atoms with Gasteiger partial charge in [-0.05, 0) is 69.2 Å². The van der Waals surface area contributed by atoms with E-state index in [2.05, 4.69) is 5.32 Å². The summed E-state index contributed by atoms with van der Waals surface area (Å²) in [5, 5.41) is 12.8. The molecule has 8 nitrogen and oxygen atoms in total. The monoisotopic (exact) mass is 601 g/mol. The van der Waals surface area contributed by atoms with Crippen LogP contribution in [0.3, 0.4) is 0 Å². The molecule has 2 aromatic carbocycles. The molecule has 2 aliphatic rings. The SMILES string of the molecule is Cc1c(C(=O)Nc2ccc(C(F)C(=O)C(F)(OC3CCC(C(=O)O)CC3)N3CCCC3)cc2Cl)c2ccccc2n1C. The molecule has 0 bridgehead atoms. The van der Waals surface area contributed by atoms with E-state index in [0.29, 0.717) is 31.2 Å². The summed E-state index contributed by atoms with van der Waals surface area (Å²) >= 11 is 6.43. The highest BCUT2D eigenvalue weighted by Crippen LogP contribution is 2.38. The zero-order valence-corrected chi connectivity index (χ0v) is 24.3. The molecule has 2 atom stereocenters. The van der Waals surface area contributed by atoms with E-state index in [-0.39, 0.29) is 42.2 Å². The number of carbonyl (C=O) groups is 3. The van der Waals surface area contributed by atoms with Crippen molar-refractivity contribution in [2.24, 2.45) is 13.0 Å². The standard InChI is InChI=1S/C31H34ClF2N3O5/c1-18-26(22-7-3-4-8-25(22)36(18)2)29(39)35-24-14-11-20(17-23(24)32)27(33)28(38)31(34,37-15-5-6-16-37)42-21-12-9-19(10-13-21)30(40)41/h3-4,7-8,11,14,17,19,21,27H,5-6,9-10,12-13,15-16H2,1-2H3,(H,35,39)(H,40,41). The third-order valence-electron chi connectivity index (χ3n) is 8.55. The number of nitrogens with zero attached hydrogens (tertiary/aromatic N) is 2. The van der Waals surface area contributed by atoms with E-state index in [9.17, 15) is 19.5 Å². The summed E-state index contributed by atoms with van der Waals surface area (Å²) in [5.74, 6) is -6.23. The average molecular weight is 602 g/mol. The normalized spacial score (nSPS) is 21.6. The molecule has 1 saturated heterocycles. The number of rotatable bonds is 9. The number of hydrogen-bond donors (Lipinski definition) is 2. The van der Waals surface area contributed by atoms with Crippen molar-refractivity contribution in [1.82, 2.24) is 9.47 Å². The lowest BCUT2D eigenvalue weighted by Gasteiger charge is -2.38. The van der Waals surface area contributed by atoms with Crippen LogP contribution in [0.15, 0.2) is 42.5 Å². The largest absolute Gasteiger partial charge is 0.481 e. The van der Waals surface area contributed by atoms with Gasteiger partial charge in [0, 0.05) is 36.7 Å². The number of ketones is 1. The first-order valence-corrected chi connectivity index (χ1v) is 14.6. The molecule has 2 heterocycles. The maximum absolute atomic E-state index is 16.5. The number of carbonyl (C=O) groups excluding carboxylic acids is 2. The number of ether oxygens (including phenoxy) is 1. The molecule has 1 aromatic heterocycles. The first-order chi connectivity index (χ1) is 20.0. The van der Waals surface area contributed by atoms with Crippen molar-refractivity contribution in [3.8, 4) is 0 Å². The van der Waals surface area contributed by atoms with E-state index in [4.69, 9.17) is 16.3 Å². The van der Waals surface area contributed by atoms with E-state index in [1.165, 1.54) is 23.1 Å². The minimum absolute atomic E-state index is 0.00673. The predicted molar refractivity (Wildman–Crippen MR) is 155 cm³/mol. The number of aromatic nitrogens is 1. The Morgan fingerprint density at radius 2 is 1.76 bits per heavy atom. The highest BCUT2D eigenvalue weighted by atomic mass is 35.5. The summed E-state index contributed by atoms with van der Waals surface area (Å²) in [6.07, 6.45) is -0.694. The van der Waals surface area contributed by atoms with Gasteiger partial charge >= 0.3 is 11.9 Å². The molecule has 1 aliphatic heterocycles. The fourth-order valence-electron chi connectivity index (χ4n) is 6.03. The van der Waals surface area contributed by atoms with Crippen LogP contribution in [0.1, 0.15) is 66.3 Å². The van der Waals surface area contributed by atoms with Crippen LogP contribution in [0.4, 0.5) is 14.5 Å². The fourth-order valence-corrected chi connectivity index (χ4v) is 6.27. The number of likely N-dealkylation sites (tertiary alicyclic amines) is 1. The predicted octanol–water partition coefficient (Wildman–Crippen LogP) is 6.35. The maximum Gasteiger partial charge on any atom is 0.333 e. The number of halogens is 3. The van der Waals surface area contributed by atoms with Gasteiger partial charge in [0.1, 0.15) is 0 Å². The second-order valence-electron chi connectivity index (χ2n) is 11.1. The second kappa shape index (κ2) is 12.1. The topological polar surface area (TPSA) is 101 Å². The number of Topliss-reactive ketones (excluding diaryl/α,β-unsaturated/α-hetero) is 1. The van der Waals surface area contributed by atoms with Crippen molar-refractivity contribution in [3.63, 3.8) is 0 Å². The Morgan fingerprint density at radius 3 is 2.40 bits per heavy atom. The fraction of sp³-hybridized carbons (Fsp3) is 0.452. The smallest absolute Gasteiger partial charge is 0.333 e. The van der Waals surface area contributed by atoms with Crippen LogP contribution in [-0.2, 0) is 21.4 Å². The number of carboxylic acid groups (broad SMARTS) is 1. The van der Waals surface area contributed by atoms with Gasteiger partial charge in [-0.25, -0.2) is 9.29 Å². The Balaban J connectivity index is 1.34. The number of carboxylic acids is 1. The molecule has 2 unspecified atom stereocenters. The van der Waals surface area contributed by atoms with E-state index >= 15 is 8.78 Å². The summed E-state index contributed by atoms with van der Waals surface area (Å²) in [7, 11) is 1.87. The Hall–Kier alpha value is -3.34. The minimum atomic E-state index is -3.00. The molecular weight excluding hydrogens is 568 g/mol. The van der Waals surface area contributed by atoms with Crippen LogP contribution in [0, 0.1) is 12.8 Å². The number of nitrogens with one attached hydrogen (secondary N) is 1. The summed E-state index contributed by atoms with van der Waals surface area (Å²) in [6, 6.07) is 11.4. The lowest BCUT2D eigenvalue weighted by atomic mass is 9.87. The molecule has 0 radical (unpaired) electrons. The van der Waals surface area contributed by atoms with Crippen molar-refractivity contribution in [3.05, 3.63) is 64.3 Å². The van der Waals surface area contributed by atoms with Gasteiger partial charge in [0.05, 0.1) is 28.3 Å². The van der Waals surface area contributed by atoms with Gasteiger partial charge in [0.25, 0.3) is 11.7 Å². The number of fused-ring (bicyclic) bond motifs is 1. The quantitative estimate of drug-likeness (QED) is 0.277. The molecular formula is C31H34ClF2N3O5. The number of anilines is 1. The minimum Gasteiger partial charge on any atom is -0.481 e. The van der Waals surface area contributed by atoms with E-state index < -0.39 is 41.8 Å². The van der Waals surface area contributed by atoms with Crippen molar-refractivity contribution < 1.29 is 33.0 Å². The maximum atomic E-state index is 16.5. The molecule has 224 valence electrons. The van der Waals surface area contributed by atoms with E-state index in [1.807, 2.05) is 42.8 Å². The van der Waals surface area contributed by atoms with Crippen molar-refractivity contribution in [2.75, 3.05) is 18.4 Å². The Labute approximate surface area is 247 Å². The number of aliphatic carboxylic acids is 1. The van der Waals surface area contributed by atoms with Crippen LogP contribution < -0.4 is 5.32 Å². The Kier molecular flexibility index (Phi) is 8.68. The van der Waals surface area contributed by atoms with Gasteiger partial charge < -0.3 is 19.7 Å². The number of benzene rings is 2. The summed E-state index contributed by atoms with van der Waals surface area (Å²) in [6.45, 7) is 2.31.